The summed E-state index contributed by atoms with van der Waals surface area (Å²) in [5, 5.41) is 1.85. The number of likely N-dealkylation sites (tertiary alicyclic amines) is 1. The number of carbonyl (C=O) groups is 1. The van der Waals surface area contributed by atoms with Crippen molar-refractivity contribution >= 4 is 47.9 Å². The number of hydrogen-bond acceptors (Lipinski definition) is 8. The molecule has 1 N–H and O–H groups in total. The maximum absolute atomic E-state index is 13.8. The SMILES string of the molecule is COCC(C)(C)NS(=O)(=O)c1ccc(-c2sc(C(=O)N3CC4(CCS(=O)(=O)CC4)C3)nc2CC2CCCCC2)c2ccccc12. The molecule has 3 fully saturated rings. The Morgan fingerprint density at radius 3 is 2.40 bits per heavy atom. The highest BCUT2D eigenvalue weighted by molar-refractivity contribution is 7.91. The molecule has 2 aliphatic heterocycles. The summed E-state index contributed by atoms with van der Waals surface area (Å²) in [7, 11) is -5.30. The molecule has 9 nitrogen and oxygen atoms in total. The molecule has 1 spiro atoms. The van der Waals surface area contributed by atoms with E-state index in [1.54, 1.807) is 27.0 Å². The van der Waals surface area contributed by atoms with Gasteiger partial charge in [-0.2, -0.15) is 0 Å². The summed E-state index contributed by atoms with van der Waals surface area (Å²) in [6.07, 6.45) is 7.91. The molecule has 0 atom stereocenters. The normalized spacial score (nSPS) is 20.4. The van der Waals surface area contributed by atoms with Crippen LogP contribution < -0.4 is 4.72 Å². The lowest BCUT2D eigenvalue weighted by molar-refractivity contribution is 0.000299. The third kappa shape index (κ3) is 6.86. The first-order valence-electron chi connectivity index (χ1n) is 15.8. The van der Waals surface area contributed by atoms with Gasteiger partial charge < -0.3 is 9.64 Å². The first-order valence-corrected chi connectivity index (χ1v) is 20.0. The molecule has 6 rings (SSSR count). The summed E-state index contributed by atoms with van der Waals surface area (Å²) in [5.41, 5.74) is 0.874. The molecule has 12 heteroatoms. The largest absolute Gasteiger partial charge is 0.383 e. The number of aromatic nitrogens is 1. The average molecular weight is 674 g/mol. The van der Waals surface area contributed by atoms with Gasteiger partial charge in [-0.1, -0.05) is 62.4 Å². The minimum atomic E-state index is -3.88. The van der Waals surface area contributed by atoms with E-state index in [9.17, 15) is 21.6 Å². The Hall–Kier alpha value is -2.38. The highest BCUT2D eigenvalue weighted by Gasteiger charge is 2.48. The molecular formula is C33H43N3O6S3. The van der Waals surface area contributed by atoms with Crippen LogP contribution in [0.15, 0.2) is 41.3 Å². The molecule has 2 aromatic carbocycles. The summed E-state index contributed by atoms with van der Waals surface area (Å²) >= 11 is 1.39. The number of nitrogens with zero attached hydrogens (tertiary/aromatic N) is 2. The molecule has 0 radical (unpaired) electrons. The fourth-order valence-electron chi connectivity index (χ4n) is 7.30. The number of amides is 1. The van der Waals surface area contributed by atoms with Crippen LogP contribution in [-0.4, -0.2) is 76.5 Å². The second-order valence-corrected chi connectivity index (χ2v) is 18.8. The van der Waals surface area contributed by atoms with Gasteiger partial charge in [-0.3, -0.25) is 4.79 Å². The lowest BCUT2D eigenvalue weighted by Crippen LogP contribution is -2.60. The smallest absolute Gasteiger partial charge is 0.282 e. The van der Waals surface area contributed by atoms with Gasteiger partial charge in [0, 0.05) is 36.6 Å². The number of rotatable bonds is 9. The van der Waals surface area contributed by atoms with Gasteiger partial charge in [0.25, 0.3) is 5.91 Å². The molecular weight excluding hydrogens is 631 g/mol. The standard InChI is InChI=1S/C33H43N3O6S3/c1-32(2,22-42-3)35-45(40,41)28-14-13-26(24-11-7-8-12-25(24)28)29-27(19-23-9-5-4-6-10-23)34-30(43-29)31(37)36-20-33(21-36)15-17-44(38,39)18-16-33/h7-8,11-14,23,35H,4-6,9-10,15-22H2,1-3H3. The second-order valence-electron chi connectivity index (χ2n) is 13.9. The number of carbonyl (C=O) groups excluding carboxylic acids is 1. The molecule has 0 unspecified atom stereocenters. The minimum Gasteiger partial charge on any atom is -0.383 e. The minimum absolute atomic E-state index is 0.102. The fourth-order valence-corrected chi connectivity index (χ4v) is 11.7. The zero-order valence-corrected chi connectivity index (χ0v) is 28.8. The van der Waals surface area contributed by atoms with Crippen molar-refractivity contribution in [3.63, 3.8) is 0 Å². The number of ether oxygens (including phenoxy) is 1. The van der Waals surface area contributed by atoms with Crippen LogP contribution in [0.25, 0.3) is 21.2 Å². The van der Waals surface area contributed by atoms with Crippen LogP contribution in [0.1, 0.15) is 74.3 Å². The molecule has 1 aliphatic carbocycles. The van der Waals surface area contributed by atoms with Crippen molar-refractivity contribution in [3.8, 4) is 10.4 Å². The van der Waals surface area contributed by atoms with E-state index in [1.807, 2.05) is 35.2 Å². The van der Waals surface area contributed by atoms with E-state index in [0.29, 0.717) is 42.2 Å². The summed E-state index contributed by atoms with van der Waals surface area (Å²) in [6.45, 7) is 4.93. The van der Waals surface area contributed by atoms with Crippen molar-refractivity contribution in [2.24, 2.45) is 11.3 Å². The number of sulfone groups is 1. The van der Waals surface area contributed by atoms with Crippen LogP contribution in [0.2, 0.25) is 0 Å². The molecule has 3 aromatic rings. The topological polar surface area (TPSA) is 123 Å². The Bertz CT molecular complexity index is 1790. The van der Waals surface area contributed by atoms with Crippen molar-refractivity contribution < 1.29 is 26.4 Å². The fraction of sp³-hybridized carbons (Fsp3) is 0.576. The van der Waals surface area contributed by atoms with Crippen molar-refractivity contribution in [1.82, 2.24) is 14.6 Å². The summed E-state index contributed by atoms with van der Waals surface area (Å²) in [6, 6.07) is 11.0. The van der Waals surface area contributed by atoms with Crippen LogP contribution in [0, 0.1) is 11.3 Å². The molecule has 3 aliphatic rings. The van der Waals surface area contributed by atoms with E-state index in [1.165, 1.54) is 30.6 Å². The van der Waals surface area contributed by atoms with Crippen LogP contribution >= 0.6 is 11.3 Å². The van der Waals surface area contributed by atoms with E-state index < -0.39 is 25.4 Å². The second kappa shape index (κ2) is 12.3. The number of fused-ring (bicyclic) bond motifs is 1. The van der Waals surface area contributed by atoms with E-state index in [4.69, 9.17) is 9.72 Å². The number of sulfonamides is 1. The number of thiazole rings is 1. The van der Waals surface area contributed by atoms with Gasteiger partial charge in [0.2, 0.25) is 10.0 Å². The quantitative estimate of drug-likeness (QED) is 0.321. The summed E-state index contributed by atoms with van der Waals surface area (Å²) < 4.78 is 59.2. The number of benzene rings is 2. The van der Waals surface area contributed by atoms with Crippen LogP contribution in [0.4, 0.5) is 0 Å². The van der Waals surface area contributed by atoms with Gasteiger partial charge >= 0.3 is 0 Å². The van der Waals surface area contributed by atoms with Crippen molar-refractivity contribution in [2.75, 3.05) is 38.3 Å². The molecule has 2 saturated heterocycles. The van der Waals surface area contributed by atoms with Gasteiger partial charge in [-0.25, -0.2) is 26.5 Å². The molecule has 45 heavy (non-hydrogen) atoms. The van der Waals surface area contributed by atoms with Gasteiger partial charge in [-0.05, 0) is 50.5 Å². The van der Waals surface area contributed by atoms with Crippen molar-refractivity contribution in [3.05, 3.63) is 47.1 Å². The molecule has 3 heterocycles. The van der Waals surface area contributed by atoms with E-state index in [0.717, 1.165) is 40.8 Å². The Morgan fingerprint density at radius 2 is 1.73 bits per heavy atom. The molecule has 244 valence electrons. The van der Waals surface area contributed by atoms with Crippen LogP contribution in [0.5, 0.6) is 0 Å². The van der Waals surface area contributed by atoms with Gasteiger partial charge in [0.05, 0.1) is 39.1 Å². The predicted molar refractivity (Wildman–Crippen MR) is 178 cm³/mol. The lowest BCUT2D eigenvalue weighted by atomic mass is 9.75. The summed E-state index contributed by atoms with van der Waals surface area (Å²) in [4.78, 5) is 21.7. The highest BCUT2D eigenvalue weighted by Crippen LogP contribution is 2.44. The average Bonchev–Trinajstić information content (AvgIpc) is 3.38. The number of methoxy groups -OCH3 is 1. The Labute approximate surface area is 270 Å². The zero-order chi connectivity index (χ0) is 32.0. The van der Waals surface area contributed by atoms with Crippen molar-refractivity contribution in [1.29, 1.82) is 0 Å². The zero-order valence-electron chi connectivity index (χ0n) is 26.3. The van der Waals surface area contributed by atoms with Gasteiger partial charge in [0.1, 0.15) is 9.84 Å². The lowest BCUT2D eigenvalue weighted by Gasteiger charge is -2.51. The highest BCUT2D eigenvalue weighted by atomic mass is 32.2. The maximum atomic E-state index is 13.8. The van der Waals surface area contributed by atoms with E-state index in [2.05, 4.69) is 4.72 Å². The first-order chi connectivity index (χ1) is 21.3. The monoisotopic (exact) mass is 673 g/mol. The molecule has 1 saturated carbocycles. The van der Waals surface area contributed by atoms with E-state index in [-0.39, 0.29) is 34.3 Å². The first kappa shape index (κ1) is 32.6. The molecule has 1 aromatic heterocycles. The van der Waals surface area contributed by atoms with Crippen molar-refractivity contribution in [2.45, 2.75) is 75.6 Å². The van der Waals surface area contributed by atoms with Gasteiger partial charge in [0.15, 0.2) is 5.01 Å². The Kier molecular flexibility index (Phi) is 8.92. The van der Waals surface area contributed by atoms with E-state index >= 15 is 0 Å². The van der Waals surface area contributed by atoms with Gasteiger partial charge in [-0.15, -0.1) is 11.3 Å². The Morgan fingerprint density at radius 1 is 1.07 bits per heavy atom. The predicted octanol–water partition coefficient (Wildman–Crippen LogP) is 5.44. The Balaban J connectivity index is 1.35. The van der Waals surface area contributed by atoms with Crippen LogP contribution in [0.3, 0.4) is 0 Å². The number of hydrogen-bond donors (Lipinski definition) is 1. The maximum Gasteiger partial charge on any atom is 0.282 e. The molecule has 1 amide bonds. The third-order valence-corrected chi connectivity index (χ3v) is 14.2. The summed E-state index contributed by atoms with van der Waals surface area (Å²) in [5.74, 6) is 0.778. The van der Waals surface area contributed by atoms with Crippen LogP contribution in [-0.2, 0) is 31.0 Å². The molecule has 0 bridgehead atoms. The number of nitrogens with one attached hydrogen (secondary N) is 1. The third-order valence-electron chi connectivity index (χ3n) is 9.65.